The Morgan fingerprint density at radius 1 is 0.909 bits per heavy atom. The minimum atomic E-state index is -11.6. The zero-order valence-corrected chi connectivity index (χ0v) is 7.90. The Hall–Kier alpha value is -1.25. The van der Waals surface area contributed by atoms with Gasteiger partial charge in [0.25, 0.3) is 0 Å². The molecule has 9 heteroatoms. The van der Waals surface area contributed by atoms with Crippen molar-refractivity contribution in [1.29, 1.82) is 5.26 Å². The predicted octanol–water partition coefficient (Wildman–Crippen LogP) is -0.304. The summed E-state index contributed by atoms with van der Waals surface area (Å²) in [5.74, 6) is 0. The van der Waals surface area contributed by atoms with Crippen molar-refractivity contribution in [2.24, 2.45) is 0 Å². The second-order valence-electron chi connectivity index (χ2n) is 1.55. The van der Waals surface area contributed by atoms with Crippen molar-refractivity contribution in [3.05, 3.63) is 0 Å². The fourth-order valence-electron chi connectivity index (χ4n) is 0. The Morgan fingerprint density at radius 2 is 0.909 bits per heavy atom. The summed E-state index contributed by atoms with van der Waals surface area (Å²) in [4.78, 5) is 0. The third-order valence-electron chi connectivity index (χ3n) is 0. The number of nitrogens with zero attached hydrogens (tertiary/aromatic N) is 1. The van der Waals surface area contributed by atoms with E-state index in [0.29, 0.717) is 0 Å². The maximum absolute atomic E-state index is 11.6. The molecule has 0 aromatic heterocycles. The fourth-order valence-corrected chi connectivity index (χ4v) is 0. The molecule has 0 aromatic carbocycles. The van der Waals surface area contributed by atoms with Gasteiger partial charge in [-0.15, -0.1) is 0 Å². The predicted molar refractivity (Wildman–Crippen MR) is 16.1 cm³/mol. The monoisotopic (exact) mass is 340 g/mol. The fraction of sp³-hybridized carbons (Fsp3) is 0.500. The summed E-state index contributed by atoms with van der Waals surface area (Å²) in [5, 5.41) is 7.32. The van der Waals surface area contributed by atoms with Gasteiger partial charge >= 0.3 is 35.9 Å². The van der Waals surface area contributed by atoms with Crippen LogP contribution in [0.15, 0.2) is 0 Å². The topological polar surface area (TPSA) is 143 Å². The molecule has 11 heavy (non-hydrogen) atoms. The van der Waals surface area contributed by atoms with Crippen molar-refractivity contribution in [3.63, 3.8) is 0 Å². The van der Waals surface area contributed by atoms with Crippen molar-refractivity contribution in [3.8, 4) is 6.07 Å². The third kappa shape index (κ3) is 256. The first-order valence-electron chi connectivity index (χ1n) is 1.80. The molecular weight excluding hydrogens is 336 g/mol. The summed E-state index contributed by atoms with van der Waals surface area (Å²) in [7, 11) is 0. The molecular formula is C2H3NO7Re. The minimum absolute atomic E-state index is 1.43. The summed E-state index contributed by atoms with van der Waals surface area (Å²) < 4.78 is 60.8. The SMILES string of the molecule is CC#N.[O]=[Re](=[O])(=[O])(=[O])(=[O])(=[O])=[O]. The van der Waals surface area contributed by atoms with E-state index in [1.165, 1.54) is 6.92 Å². The zero-order valence-electron chi connectivity index (χ0n) is 5.18. The van der Waals surface area contributed by atoms with E-state index in [0.717, 1.165) is 0 Å². The van der Waals surface area contributed by atoms with Crippen LogP contribution < -0.4 is 0 Å². The van der Waals surface area contributed by atoms with Crippen molar-refractivity contribution in [2.45, 2.75) is 6.92 Å². The van der Waals surface area contributed by atoms with E-state index in [1.807, 2.05) is 0 Å². The molecule has 0 aliphatic heterocycles. The molecule has 0 spiro atoms. The molecule has 0 saturated heterocycles. The number of hydrogen-bond acceptors (Lipinski definition) is 8. The van der Waals surface area contributed by atoms with Crippen LogP contribution in [-0.4, -0.2) is 0 Å². The van der Waals surface area contributed by atoms with Gasteiger partial charge in [-0.1, -0.05) is 0 Å². The third-order valence-corrected chi connectivity index (χ3v) is 0. The Kier molecular flexibility index (Phi) is 1.38. The van der Waals surface area contributed by atoms with E-state index in [9.17, 15) is 0 Å². The summed E-state index contributed by atoms with van der Waals surface area (Å²) in [5.41, 5.74) is 0. The summed E-state index contributed by atoms with van der Waals surface area (Å²) in [6.07, 6.45) is 0. The maximum atomic E-state index is 8.69. The van der Waals surface area contributed by atoms with Gasteiger partial charge < -0.3 is 0 Å². The van der Waals surface area contributed by atoms with Gasteiger partial charge in [-0.25, -0.2) is 0 Å². The number of nitriles is 1. The Bertz CT molecular complexity index is 731. The quantitative estimate of drug-likeness (QED) is 0.585. The van der Waals surface area contributed by atoms with Crippen molar-refractivity contribution >= 4 is 0 Å². The van der Waals surface area contributed by atoms with E-state index in [4.69, 9.17) is 29.5 Å². The van der Waals surface area contributed by atoms with Crippen LogP contribution in [0.2, 0.25) is 0 Å². The average molecular weight is 339 g/mol. The van der Waals surface area contributed by atoms with Gasteiger partial charge in [-0.2, -0.15) is 5.26 Å². The molecule has 0 rings (SSSR count). The molecule has 8 nitrogen and oxygen atoms in total. The van der Waals surface area contributed by atoms with Crippen LogP contribution in [0.4, 0.5) is 0 Å². The molecule has 0 aromatic rings. The van der Waals surface area contributed by atoms with Gasteiger partial charge in [0.05, 0.1) is 6.07 Å². The molecule has 0 radical (unpaired) electrons. The van der Waals surface area contributed by atoms with E-state index < -0.39 is 11.6 Å². The van der Waals surface area contributed by atoms with Gasteiger partial charge in [0, 0.05) is 6.92 Å². The molecule has 0 heterocycles. The van der Waals surface area contributed by atoms with Crippen molar-refractivity contribution in [1.82, 2.24) is 0 Å². The van der Waals surface area contributed by atoms with Crippen LogP contribution in [0.3, 0.4) is 0 Å². The summed E-state index contributed by atoms with van der Waals surface area (Å²) in [6, 6.07) is 1.75. The van der Waals surface area contributed by atoms with Crippen LogP contribution in [0.5, 0.6) is 0 Å². The number of hydrogen-bond donors (Lipinski definition) is 0. The Labute approximate surface area is 54.8 Å². The molecule has 0 unspecified atom stereocenters. The molecule has 0 fully saturated rings. The molecule has 65 valence electrons. The summed E-state index contributed by atoms with van der Waals surface area (Å²) >= 11 is -11.6. The van der Waals surface area contributed by atoms with Crippen LogP contribution in [0.1, 0.15) is 6.92 Å². The normalized spacial score (nSPS) is 15.4. The Balaban J connectivity index is 0. The van der Waals surface area contributed by atoms with E-state index in [1.54, 1.807) is 6.07 Å². The first-order chi connectivity index (χ1) is 4.06. The molecule has 0 bridgehead atoms. The molecule has 0 atom stereocenters. The van der Waals surface area contributed by atoms with Gasteiger partial charge in [0.1, 0.15) is 0 Å². The van der Waals surface area contributed by atoms with Crippen LogP contribution >= 0.6 is 0 Å². The standard InChI is InChI=1S/C2H3N.7O.Re/c1-2-3;;;;;;;;/h1H3;;;;;;;;. The zero-order chi connectivity index (χ0) is 10.1. The summed E-state index contributed by atoms with van der Waals surface area (Å²) in [6.45, 7) is 1.43. The van der Waals surface area contributed by atoms with Gasteiger partial charge in [0.15, 0.2) is 0 Å². The molecule has 0 aliphatic carbocycles. The molecule has 0 amide bonds. The second kappa shape index (κ2) is 1.22. The Morgan fingerprint density at radius 3 is 0.909 bits per heavy atom. The molecule has 0 saturated carbocycles. The second-order valence-corrected chi connectivity index (χ2v) is 11.1. The van der Waals surface area contributed by atoms with Crippen molar-refractivity contribution in [2.75, 3.05) is 0 Å². The van der Waals surface area contributed by atoms with Crippen LogP contribution in [0.25, 0.3) is 0 Å². The van der Waals surface area contributed by atoms with Crippen molar-refractivity contribution < 1.29 is 35.9 Å². The average Bonchev–Trinajstić information content (AvgIpc) is 1.18. The van der Waals surface area contributed by atoms with Crippen LogP contribution in [0, 0.1) is 11.3 Å². The van der Waals surface area contributed by atoms with Crippen LogP contribution in [-0.2, 0) is 35.9 Å². The van der Waals surface area contributed by atoms with Gasteiger partial charge in [-0.3, -0.25) is 0 Å². The van der Waals surface area contributed by atoms with E-state index in [2.05, 4.69) is 0 Å². The van der Waals surface area contributed by atoms with E-state index in [-0.39, 0.29) is 0 Å². The van der Waals surface area contributed by atoms with Gasteiger partial charge in [-0.05, 0) is 0 Å². The number of rotatable bonds is 0. The first kappa shape index (κ1) is 12.4. The first-order valence-corrected chi connectivity index (χ1v) is 9.56. The molecule has 0 N–H and O–H groups in total. The van der Waals surface area contributed by atoms with E-state index >= 15 is 0 Å². The van der Waals surface area contributed by atoms with Gasteiger partial charge in [0.2, 0.25) is 0 Å². The molecule has 0 aliphatic rings.